The molecule has 0 bridgehead atoms. The van der Waals surface area contributed by atoms with Gasteiger partial charge in [0, 0.05) is 13.1 Å². The largest absolute Gasteiger partial charge is 0.377 e. The number of amides is 3. The van der Waals surface area contributed by atoms with Gasteiger partial charge in [-0.15, -0.1) is 0 Å². The molecule has 1 atom stereocenters. The summed E-state index contributed by atoms with van der Waals surface area (Å²) in [5.74, 6) is 0.374. The molecule has 4 N–H and O–H groups in total. The number of ether oxygens (including phenoxy) is 4. The maximum absolute atomic E-state index is 11.5. The number of carbonyl (C=O) groups excluding carboxylic acids is 2. The molecule has 25 heavy (non-hydrogen) atoms. The van der Waals surface area contributed by atoms with Gasteiger partial charge in [0.25, 0.3) is 0 Å². The van der Waals surface area contributed by atoms with Crippen LogP contribution in [0.5, 0.6) is 0 Å². The van der Waals surface area contributed by atoms with Gasteiger partial charge in [0.05, 0.1) is 46.2 Å². The molecule has 0 saturated heterocycles. The summed E-state index contributed by atoms with van der Waals surface area (Å²) in [5, 5.41) is 5.24. The second kappa shape index (κ2) is 17.4. The van der Waals surface area contributed by atoms with Crippen LogP contribution in [-0.4, -0.2) is 77.9 Å². The van der Waals surface area contributed by atoms with Gasteiger partial charge in [0.1, 0.15) is 6.61 Å². The minimum absolute atomic E-state index is 0.0538. The molecule has 9 nitrogen and oxygen atoms in total. The summed E-state index contributed by atoms with van der Waals surface area (Å²) in [6, 6.07) is -0.562. The number of rotatable bonds is 17. The Kier molecular flexibility index (Phi) is 16.4. The minimum atomic E-state index is -0.562. The van der Waals surface area contributed by atoms with Crippen LogP contribution in [0, 0.1) is 5.92 Å². The fourth-order valence-corrected chi connectivity index (χ4v) is 1.55. The quantitative estimate of drug-likeness (QED) is 0.310. The molecule has 1 unspecified atom stereocenters. The molecule has 0 aromatic heterocycles. The highest BCUT2D eigenvalue weighted by Gasteiger charge is 2.03. The van der Waals surface area contributed by atoms with Crippen molar-refractivity contribution in [2.24, 2.45) is 11.7 Å². The first-order chi connectivity index (χ1) is 12.1. The Balaban J connectivity index is 3.16. The number of nitrogens with two attached hydrogens (primary N) is 1. The Morgan fingerprint density at radius 2 is 1.40 bits per heavy atom. The second-order valence-corrected chi connectivity index (χ2v) is 5.50. The summed E-state index contributed by atoms with van der Waals surface area (Å²) in [5.41, 5.74) is 4.90. The Labute approximate surface area is 149 Å². The zero-order valence-electron chi connectivity index (χ0n) is 15.4. The molecule has 0 aliphatic rings. The van der Waals surface area contributed by atoms with E-state index in [4.69, 9.17) is 24.7 Å². The van der Waals surface area contributed by atoms with E-state index >= 15 is 0 Å². The highest BCUT2D eigenvalue weighted by molar-refractivity contribution is 5.77. The lowest BCUT2D eigenvalue weighted by Gasteiger charge is -2.10. The van der Waals surface area contributed by atoms with Gasteiger partial charge in [0.15, 0.2) is 0 Å². The highest BCUT2D eigenvalue weighted by Crippen LogP contribution is 1.96. The van der Waals surface area contributed by atoms with Crippen LogP contribution in [0.25, 0.3) is 0 Å². The fraction of sp³-hybridized carbons (Fsp3) is 0.875. The smallest absolute Gasteiger partial charge is 0.312 e. The maximum Gasteiger partial charge on any atom is 0.312 e. The monoisotopic (exact) mass is 363 g/mol. The molecule has 0 aliphatic heterocycles. The fourth-order valence-electron chi connectivity index (χ4n) is 1.55. The normalized spacial score (nSPS) is 11.9. The zero-order valence-corrected chi connectivity index (χ0v) is 15.4. The Morgan fingerprint density at radius 1 is 0.880 bits per heavy atom. The molecular formula is C16H33N3O6. The van der Waals surface area contributed by atoms with Crippen molar-refractivity contribution in [1.82, 2.24) is 10.6 Å². The summed E-state index contributed by atoms with van der Waals surface area (Å²) in [6.45, 7) is 8.27. The molecule has 0 spiro atoms. The number of hydrogen-bond donors (Lipinski definition) is 3. The van der Waals surface area contributed by atoms with E-state index in [1.807, 2.05) is 0 Å². The van der Waals surface area contributed by atoms with Gasteiger partial charge in [-0.05, 0) is 5.92 Å². The van der Waals surface area contributed by atoms with Crippen molar-refractivity contribution < 1.29 is 28.5 Å². The molecule has 148 valence electrons. The number of carbonyl (C=O) groups is 2. The lowest BCUT2D eigenvalue weighted by Crippen LogP contribution is -2.32. The third-order valence-corrected chi connectivity index (χ3v) is 3.24. The Hall–Kier alpha value is -1.42. The van der Waals surface area contributed by atoms with Crippen molar-refractivity contribution in [3.05, 3.63) is 0 Å². The van der Waals surface area contributed by atoms with Crippen LogP contribution >= 0.6 is 0 Å². The molecule has 3 amide bonds. The molecule has 9 heteroatoms. The third kappa shape index (κ3) is 18.8. The standard InChI is InChI=1S/C16H33N3O6/c1-3-14(2)12-19-15(20)13-25-11-10-24-9-8-23-7-6-22-5-4-18-16(17)21/h14H,3-13H2,1-2H3,(H,19,20)(H3,17,18,21). The van der Waals surface area contributed by atoms with Crippen molar-refractivity contribution >= 4 is 11.9 Å². The average Bonchev–Trinajstić information content (AvgIpc) is 2.59. The van der Waals surface area contributed by atoms with Gasteiger partial charge in [-0.1, -0.05) is 20.3 Å². The van der Waals surface area contributed by atoms with E-state index in [-0.39, 0.29) is 12.5 Å². The van der Waals surface area contributed by atoms with E-state index in [9.17, 15) is 9.59 Å². The van der Waals surface area contributed by atoms with Gasteiger partial charge < -0.3 is 35.3 Å². The summed E-state index contributed by atoms with van der Waals surface area (Å²) in [6.07, 6.45) is 1.04. The van der Waals surface area contributed by atoms with Gasteiger partial charge in [-0.2, -0.15) is 0 Å². The van der Waals surface area contributed by atoms with Crippen molar-refractivity contribution in [3.63, 3.8) is 0 Å². The van der Waals surface area contributed by atoms with Gasteiger partial charge in [-0.25, -0.2) is 4.79 Å². The Morgan fingerprint density at radius 3 is 1.92 bits per heavy atom. The van der Waals surface area contributed by atoms with Crippen molar-refractivity contribution in [2.45, 2.75) is 20.3 Å². The van der Waals surface area contributed by atoms with E-state index in [1.165, 1.54) is 0 Å². The van der Waals surface area contributed by atoms with Crippen LogP contribution in [-0.2, 0) is 23.7 Å². The van der Waals surface area contributed by atoms with Gasteiger partial charge >= 0.3 is 6.03 Å². The van der Waals surface area contributed by atoms with E-state index in [1.54, 1.807) is 0 Å². The Bertz CT molecular complexity index is 344. The van der Waals surface area contributed by atoms with E-state index in [0.29, 0.717) is 65.3 Å². The predicted molar refractivity (Wildman–Crippen MR) is 93.3 cm³/mol. The topological polar surface area (TPSA) is 121 Å². The zero-order chi connectivity index (χ0) is 18.8. The van der Waals surface area contributed by atoms with Gasteiger partial charge in [-0.3, -0.25) is 4.79 Å². The second-order valence-electron chi connectivity index (χ2n) is 5.50. The number of nitrogens with one attached hydrogen (secondary N) is 2. The van der Waals surface area contributed by atoms with Crippen LogP contribution in [0.4, 0.5) is 4.79 Å². The van der Waals surface area contributed by atoms with Crippen LogP contribution < -0.4 is 16.4 Å². The maximum atomic E-state index is 11.5. The lowest BCUT2D eigenvalue weighted by atomic mass is 10.1. The summed E-state index contributed by atoms with van der Waals surface area (Å²) >= 11 is 0. The average molecular weight is 363 g/mol. The summed E-state index contributed by atoms with van der Waals surface area (Å²) in [4.78, 5) is 21.8. The molecule has 0 radical (unpaired) electrons. The van der Waals surface area contributed by atoms with E-state index < -0.39 is 6.03 Å². The molecule has 0 saturated carbocycles. The molecular weight excluding hydrogens is 330 g/mol. The summed E-state index contributed by atoms with van der Waals surface area (Å²) in [7, 11) is 0. The number of primary amides is 1. The van der Waals surface area contributed by atoms with E-state index in [0.717, 1.165) is 6.42 Å². The van der Waals surface area contributed by atoms with E-state index in [2.05, 4.69) is 24.5 Å². The molecule has 0 aliphatic carbocycles. The van der Waals surface area contributed by atoms with Crippen molar-refractivity contribution in [2.75, 3.05) is 65.9 Å². The van der Waals surface area contributed by atoms with Crippen LogP contribution in [0.2, 0.25) is 0 Å². The SMILES string of the molecule is CCC(C)CNC(=O)COCCOCCOCCOCCNC(N)=O. The highest BCUT2D eigenvalue weighted by atomic mass is 16.6. The van der Waals surface area contributed by atoms with Crippen molar-refractivity contribution in [3.8, 4) is 0 Å². The van der Waals surface area contributed by atoms with Crippen LogP contribution in [0.1, 0.15) is 20.3 Å². The third-order valence-electron chi connectivity index (χ3n) is 3.24. The first-order valence-electron chi connectivity index (χ1n) is 8.67. The minimum Gasteiger partial charge on any atom is -0.377 e. The number of urea groups is 1. The lowest BCUT2D eigenvalue weighted by molar-refractivity contribution is -0.126. The van der Waals surface area contributed by atoms with Crippen molar-refractivity contribution in [1.29, 1.82) is 0 Å². The molecule has 0 fully saturated rings. The first-order valence-corrected chi connectivity index (χ1v) is 8.67. The van der Waals surface area contributed by atoms with Crippen LogP contribution in [0.15, 0.2) is 0 Å². The summed E-state index contributed by atoms with van der Waals surface area (Å²) < 4.78 is 21.1. The molecule has 0 aromatic carbocycles. The molecule has 0 rings (SSSR count). The van der Waals surface area contributed by atoms with Gasteiger partial charge in [0.2, 0.25) is 5.91 Å². The number of hydrogen-bond acceptors (Lipinski definition) is 6. The first kappa shape index (κ1) is 23.6. The van der Waals surface area contributed by atoms with Crippen LogP contribution in [0.3, 0.4) is 0 Å². The molecule has 0 heterocycles. The predicted octanol–water partition coefficient (Wildman–Crippen LogP) is -0.117. The molecule has 0 aromatic rings.